The number of nitrogens with zero attached hydrogens (tertiary/aromatic N) is 3. The van der Waals surface area contributed by atoms with Gasteiger partial charge in [-0.3, -0.25) is 4.98 Å². The summed E-state index contributed by atoms with van der Waals surface area (Å²) in [6.07, 6.45) is 7.55. The summed E-state index contributed by atoms with van der Waals surface area (Å²) in [5, 5.41) is 0. The molecule has 2 aromatic rings. The third-order valence-corrected chi connectivity index (χ3v) is 1.87. The van der Waals surface area contributed by atoms with E-state index in [0.29, 0.717) is 0 Å². The van der Waals surface area contributed by atoms with Crippen LogP contribution in [0.5, 0.6) is 0 Å². The summed E-state index contributed by atoms with van der Waals surface area (Å²) >= 11 is 0. The van der Waals surface area contributed by atoms with Gasteiger partial charge >= 0.3 is 0 Å². The van der Waals surface area contributed by atoms with Crippen LogP contribution in [-0.2, 0) is 0 Å². The molecule has 0 aromatic carbocycles. The Labute approximate surface area is 77.1 Å². The molecule has 2 heterocycles. The Kier molecular flexibility index (Phi) is 1.85. The van der Waals surface area contributed by atoms with Crippen LogP contribution >= 0.6 is 0 Å². The summed E-state index contributed by atoms with van der Waals surface area (Å²) in [6, 6.07) is 2.04. The van der Waals surface area contributed by atoms with Crippen molar-refractivity contribution < 1.29 is 0 Å². The predicted octanol–water partition coefficient (Wildman–Crippen LogP) is 1.88. The average Bonchev–Trinajstić information content (AvgIpc) is 2.53. The first kappa shape index (κ1) is 7.98. The van der Waals surface area contributed by atoms with Crippen molar-refractivity contribution in [1.29, 1.82) is 0 Å². The Bertz CT molecular complexity index is 400. The number of aromatic nitrogens is 3. The molecule has 2 rings (SSSR count). The monoisotopic (exact) mass is 173 g/mol. The standard InChI is InChI=1S/C10H11N3/c1-8-3-4-13(7-8)10-6-11-9(2)5-12-10/h3-7H,1-2H3. The molecular formula is C10H11N3. The van der Waals surface area contributed by atoms with Crippen LogP contribution in [0.4, 0.5) is 0 Å². The van der Waals surface area contributed by atoms with E-state index in [-0.39, 0.29) is 0 Å². The lowest BCUT2D eigenvalue weighted by Gasteiger charge is -2.00. The molecule has 3 heteroatoms. The van der Waals surface area contributed by atoms with E-state index in [1.807, 2.05) is 30.0 Å². The molecule has 0 bridgehead atoms. The van der Waals surface area contributed by atoms with Crippen molar-refractivity contribution in [2.45, 2.75) is 13.8 Å². The molecule has 0 radical (unpaired) electrons. The molecule has 3 nitrogen and oxygen atoms in total. The zero-order chi connectivity index (χ0) is 9.26. The Morgan fingerprint density at radius 1 is 1.15 bits per heavy atom. The highest BCUT2D eigenvalue weighted by Crippen LogP contribution is 2.05. The van der Waals surface area contributed by atoms with Crippen molar-refractivity contribution >= 4 is 0 Å². The fraction of sp³-hybridized carbons (Fsp3) is 0.200. The number of hydrogen-bond donors (Lipinski definition) is 0. The lowest BCUT2D eigenvalue weighted by Crippen LogP contribution is -1.95. The average molecular weight is 173 g/mol. The molecule has 2 aromatic heterocycles. The first-order valence-corrected chi connectivity index (χ1v) is 4.19. The smallest absolute Gasteiger partial charge is 0.155 e. The maximum Gasteiger partial charge on any atom is 0.155 e. The highest BCUT2D eigenvalue weighted by molar-refractivity contribution is 5.23. The van der Waals surface area contributed by atoms with E-state index in [0.717, 1.165) is 11.5 Å². The fourth-order valence-corrected chi connectivity index (χ4v) is 1.16. The van der Waals surface area contributed by atoms with Crippen molar-refractivity contribution in [3.63, 3.8) is 0 Å². The molecule has 66 valence electrons. The second kappa shape index (κ2) is 3.01. The first-order valence-electron chi connectivity index (χ1n) is 4.19. The molecule has 0 amide bonds. The van der Waals surface area contributed by atoms with Crippen LogP contribution in [0.3, 0.4) is 0 Å². The summed E-state index contributed by atoms with van der Waals surface area (Å²) in [6.45, 7) is 3.98. The largest absolute Gasteiger partial charge is 0.307 e. The highest BCUT2D eigenvalue weighted by Gasteiger charge is 1.97. The van der Waals surface area contributed by atoms with Crippen LogP contribution in [-0.4, -0.2) is 14.5 Å². The quantitative estimate of drug-likeness (QED) is 0.659. The second-order valence-electron chi connectivity index (χ2n) is 3.11. The Balaban J connectivity index is 2.41. The molecular weight excluding hydrogens is 162 g/mol. The van der Waals surface area contributed by atoms with E-state index in [1.54, 1.807) is 12.4 Å². The molecule has 0 saturated heterocycles. The molecule has 0 aliphatic carbocycles. The van der Waals surface area contributed by atoms with Crippen LogP contribution in [0.1, 0.15) is 11.3 Å². The van der Waals surface area contributed by atoms with Crippen molar-refractivity contribution in [2.24, 2.45) is 0 Å². The Hall–Kier alpha value is -1.64. The van der Waals surface area contributed by atoms with E-state index in [4.69, 9.17) is 0 Å². The molecule has 13 heavy (non-hydrogen) atoms. The van der Waals surface area contributed by atoms with Gasteiger partial charge in [-0.05, 0) is 25.5 Å². The van der Waals surface area contributed by atoms with Gasteiger partial charge in [0.1, 0.15) is 0 Å². The van der Waals surface area contributed by atoms with Gasteiger partial charge in [0.05, 0.1) is 18.1 Å². The lowest BCUT2D eigenvalue weighted by atomic mass is 10.4. The van der Waals surface area contributed by atoms with Gasteiger partial charge in [-0.25, -0.2) is 4.98 Å². The maximum absolute atomic E-state index is 4.26. The summed E-state index contributed by atoms with van der Waals surface area (Å²) in [7, 11) is 0. The minimum Gasteiger partial charge on any atom is -0.307 e. The molecule has 0 spiro atoms. The van der Waals surface area contributed by atoms with E-state index in [1.165, 1.54) is 5.56 Å². The molecule has 0 N–H and O–H groups in total. The Morgan fingerprint density at radius 3 is 2.54 bits per heavy atom. The molecule has 0 atom stereocenters. The third kappa shape index (κ3) is 1.59. The van der Waals surface area contributed by atoms with E-state index in [9.17, 15) is 0 Å². The van der Waals surface area contributed by atoms with Gasteiger partial charge in [0.2, 0.25) is 0 Å². The van der Waals surface area contributed by atoms with Gasteiger partial charge in [0.25, 0.3) is 0 Å². The zero-order valence-electron chi connectivity index (χ0n) is 7.73. The normalized spacial score (nSPS) is 10.3. The van der Waals surface area contributed by atoms with Crippen molar-refractivity contribution in [1.82, 2.24) is 14.5 Å². The van der Waals surface area contributed by atoms with Gasteiger partial charge in [-0.2, -0.15) is 0 Å². The van der Waals surface area contributed by atoms with E-state index < -0.39 is 0 Å². The van der Waals surface area contributed by atoms with Crippen LogP contribution in [0.2, 0.25) is 0 Å². The maximum atomic E-state index is 4.26. The topological polar surface area (TPSA) is 30.7 Å². The minimum atomic E-state index is 0.860. The van der Waals surface area contributed by atoms with E-state index in [2.05, 4.69) is 16.9 Å². The van der Waals surface area contributed by atoms with Crippen LogP contribution in [0.25, 0.3) is 5.82 Å². The summed E-state index contributed by atoms with van der Waals surface area (Å²) < 4.78 is 1.96. The van der Waals surface area contributed by atoms with Gasteiger partial charge in [-0.1, -0.05) is 0 Å². The van der Waals surface area contributed by atoms with Gasteiger partial charge in [0.15, 0.2) is 5.82 Å². The molecule has 0 fully saturated rings. The van der Waals surface area contributed by atoms with Crippen LogP contribution < -0.4 is 0 Å². The highest BCUT2D eigenvalue weighted by atomic mass is 15.1. The molecule has 0 aliphatic rings. The van der Waals surface area contributed by atoms with Gasteiger partial charge < -0.3 is 4.57 Å². The molecule has 0 unspecified atom stereocenters. The first-order chi connectivity index (χ1) is 6.25. The number of hydrogen-bond acceptors (Lipinski definition) is 2. The third-order valence-electron chi connectivity index (χ3n) is 1.87. The summed E-state index contributed by atoms with van der Waals surface area (Å²) in [4.78, 5) is 8.44. The van der Waals surface area contributed by atoms with Crippen molar-refractivity contribution in [3.05, 3.63) is 42.1 Å². The predicted molar refractivity (Wildman–Crippen MR) is 50.8 cm³/mol. The minimum absolute atomic E-state index is 0.860. The second-order valence-corrected chi connectivity index (χ2v) is 3.11. The lowest BCUT2D eigenvalue weighted by molar-refractivity contribution is 0.964. The summed E-state index contributed by atoms with van der Waals surface area (Å²) in [5.74, 6) is 0.860. The van der Waals surface area contributed by atoms with Gasteiger partial charge in [-0.15, -0.1) is 0 Å². The van der Waals surface area contributed by atoms with Crippen LogP contribution in [0.15, 0.2) is 30.9 Å². The SMILES string of the molecule is Cc1ccn(-c2cnc(C)cn2)c1. The summed E-state index contributed by atoms with van der Waals surface area (Å²) in [5.41, 5.74) is 2.16. The molecule has 0 aliphatic heterocycles. The van der Waals surface area contributed by atoms with Gasteiger partial charge in [0, 0.05) is 12.4 Å². The number of aryl methyl sites for hydroxylation is 2. The Morgan fingerprint density at radius 2 is 2.00 bits per heavy atom. The molecule has 0 saturated carbocycles. The zero-order valence-corrected chi connectivity index (χ0v) is 7.73. The van der Waals surface area contributed by atoms with Crippen LogP contribution in [0, 0.1) is 13.8 Å². The fourth-order valence-electron chi connectivity index (χ4n) is 1.16. The van der Waals surface area contributed by atoms with Crippen molar-refractivity contribution in [3.8, 4) is 5.82 Å². The van der Waals surface area contributed by atoms with Crippen molar-refractivity contribution in [2.75, 3.05) is 0 Å². The van der Waals surface area contributed by atoms with E-state index >= 15 is 0 Å². The number of rotatable bonds is 1.